The third-order valence-corrected chi connectivity index (χ3v) is 5.45. The van der Waals surface area contributed by atoms with Crippen LogP contribution in [0.25, 0.3) is 0 Å². The molecule has 1 atom stereocenters. The molecule has 1 heterocycles. The minimum Gasteiger partial charge on any atom is -0.497 e. The summed E-state index contributed by atoms with van der Waals surface area (Å²) >= 11 is 0. The predicted octanol–water partition coefficient (Wildman–Crippen LogP) is 4.79. The topological polar surface area (TPSA) is 68.2 Å². The molecule has 4 rings (SSSR count). The van der Waals surface area contributed by atoms with E-state index in [-0.39, 0.29) is 35.7 Å². The first-order chi connectivity index (χ1) is 16.0. The van der Waals surface area contributed by atoms with E-state index in [9.17, 15) is 14.0 Å². The molecule has 6 nitrogen and oxygen atoms in total. The number of nitrogens with zero attached hydrogens (tertiary/aromatic N) is 2. The Morgan fingerprint density at radius 1 is 1.06 bits per heavy atom. The summed E-state index contributed by atoms with van der Waals surface area (Å²) in [5.41, 5.74) is 2.72. The van der Waals surface area contributed by atoms with Crippen LogP contribution in [0.15, 0.2) is 77.9 Å². The minimum absolute atomic E-state index is 0.0874. The first kappa shape index (κ1) is 22.2. The smallest absolute Gasteiger partial charge is 0.281 e. The van der Waals surface area contributed by atoms with Crippen LogP contribution < -0.4 is 9.47 Å². The Morgan fingerprint density at radius 2 is 1.79 bits per heavy atom. The van der Waals surface area contributed by atoms with Crippen molar-refractivity contribution in [2.45, 2.75) is 19.4 Å². The van der Waals surface area contributed by atoms with E-state index >= 15 is 0 Å². The van der Waals surface area contributed by atoms with E-state index in [1.165, 1.54) is 24.1 Å². The van der Waals surface area contributed by atoms with Crippen molar-refractivity contribution < 1.29 is 23.5 Å². The Hall–Kier alpha value is -4.00. The second kappa shape index (κ2) is 9.65. The number of carbonyl (C=O) groups excluding carboxylic acids is 2. The third-order valence-electron chi connectivity index (χ3n) is 5.45. The Morgan fingerprint density at radius 3 is 2.45 bits per heavy atom. The van der Waals surface area contributed by atoms with Crippen LogP contribution in [0.3, 0.4) is 0 Å². The summed E-state index contributed by atoms with van der Waals surface area (Å²) in [6.45, 7) is 0.976. The molecule has 0 bridgehead atoms. The molecule has 33 heavy (non-hydrogen) atoms. The fourth-order valence-corrected chi connectivity index (χ4v) is 3.74. The van der Waals surface area contributed by atoms with Crippen LogP contribution in [0.2, 0.25) is 0 Å². The fraction of sp³-hybridized carbons (Fsp3) is 0.192. The number of hydrazone groups is 1. The average molecular weight is 446 g/mol. The summed E-state index contributed by atoms with van der Waals surface area (Å²) in [4.78, 5) is 25.0. The number of hydrogen-bond acceptors (Lipinski definition) is 5. The summed E-state index contributed by atoms with van der Waals surface area (Å²) in [5.74, 6) is -0.394. The van der Waals surface area contributed by atoms with Crippen LogP contribution in [0.5, 0.6) is 11.5 Å². The number of methoxy groups -OCH3 is 1. The van der Waals surface area contributed by atoms with E-state index in [0.717, 1.165) is 28.7 Å². The van der Waals surface area contributed by atoms with Crippen LogP contribution >= 0.6 is 0 Å². The second-order valence-electron chi connectivity index (χ2n) is 7.63. The van der Waals surface area contributed by atoms with Crippen molar-refractivity contribution in [2.75, 3.05) is 13.7 Å². The lowest BCUT2D eigenvalue weighted by Gasteiger charge is -2.22. The lowest BCUT2D eigenvalue weighted by Crippen LogP contribution is -2.31. The fourth-order valence-electron chi connectivity index (χ4n) is 3.74. The van der Waals surface area contributed by atoms with Gasteiger partial charge < -0.3 is 9.47 Å². The number of amides is 1. The van der Waals surface area contributed by atoms with Gasteiger partial charge in [0.2, 0.25) is 0 Å². The molecular formula is C26H23FN2O4. The van der Waals surface area contributed by atoms with Crippen molar-refractivity contribution in [3.8, 4) is 11.5 Å². The molecule has 1 amide bonds. The van der Waals surface area contributed by atoms with Crippen molar-refractivity contribution >= 4 is 17.4 Å². The molecule has 0 aromatic heterocycles. The monoisotopic (exact) mass is 446 g/mol. The van der Waals surface area contributed by atoms with E-state index in [4.69, 9.17) is 9.47 Å². The normalized spacial score (nSPS) is 15.2. The van der Waals surface area contributed by atoms with Crippen LogP contribution in [0.1, 0.15) is 40.9 Å². The molecule has 1 aliphatic heterocycles. The van der Waals surface area contributed by atoms with Crippen LogP contribution in [0.4, 0.5) is 4.39 Å². The lowest BCUT2D eigenvalue weighted by molar-refractivity contribution is -0.135. The van der Waals surface area contributed by atoms with Gasteiger partial charge in [-0.25, -0.2) is 9.40 Å². The molecule has 0 spiro atoms. The van der Waals surface area contributed by atoms with Gasteiger partial charge in [-0.2, -0.15) is 5.10 Å². The van der Waals surface area contributed by atoms with Crippen molar-refractivity contribution in [2.24, 2.45) is 5.10 Å². The molecule has 168 valence electrons. The highest BCUT2D eigenvalue weighted by Crippen LogP contribution is 2.34. The summed E-state index contributed by atoms with van der Waals surface area (Å²) in [5, 5.41) is 6.02. The van der Waals surface area contributed by atoms with Gasteiger partial charge in [0.1, 0.15) is 17.3 Å². The maximum Gasteiger partial charge on any atom is 0.281 e. The highest BCUT2D eigenvalue weighted by Gasteiger charge is 2.33. The Kier molecular flexibility index (Phi) is 6.49. The van der Waals surface area contributed by atoms with Gasteiger partial charge in [-0.05, 0) is 48.4 Å². The third kappa shape index (κ3) is 4.92. The van der Waals surface area contributed by atoms with Gasteiger partial charge in [0.05, 0.1) is 24.4 Å². The Bertz CT molecular complexity index is 1190. The molecule has 0 radical (unpaired) electrons. The highest BCUT2D eigenvalue weighted by molar-refractivity contribution is 6.03. The molecule has 0 aliphatic carbocycles. The molecule has 1 unspecified atom stereocenters. The number of hydrogen-bond donors (Lipinski definition) is 0. The quantitative estimate of drug-likeness (QED) is 0.489. The zero-order valence-electron chi connectivity index (χ0n) is 18.3. The van der Waals surface area contributed by atoms with Gasteiger partial charge in [-0.1, -0.05) is 42.5 Å². The van der Waals surface area contributed by atoms with E-state index in [0.29, 0.717) is 6.42 Å². The summed E-state index contributed by atoms with van der Waals surface area (Å²) in [6, 6.07) is 20.5. The Labute approximate surface area is 191 Å². The summed E-state index contributed by atoms with van der Waals surface area (Å²) in [6.07, 6.45) is 0.539. The van der Waals surface area contributed by atoms with Gasteiger partial charge in [0.25, 0.3) is 5.91 Å². The number of carbonyl (C=O) groups is 2. The molecule has 3 aromatic carbocycles. The molecule has 1 aliphatic rings. The second-order valence-corrected chi connectivity index (χ2v) is 7.63. The number of ketones is 1. The maximum atomic E-state index is 13.5. The number of Topliss-reactive ketones (excluding diaryl/α,β-unsaturated/α-hetero) is 1. The molecule has 3 aromatic rings. The SMILES string of the molecule is COc1ccc(C2CC(c3ccccc3)=NN2C(=O)COc2ccc(F)cc2C(C)=O)cc1. The van der Waals surface area contributed by atoms with E-state index < -0.39 is 5.82 Å². The van der Waals surface area contributed by atoms with Crippen molar-refractivity contribution in [1.29, 1.82) is 0 Å². The maximum absolute atomic E-state index is 13.5. The van der Waals surface area contributed by atoms with Gasteiger partial charge in [0, 0.05) is 6.42 Å². The largest absolute Gasteiger partial charge is 0.497 e. The van der Waals surface area contributed by atoms with Gasteiger partial charge in [-0.3, -0.25) is 9.59 Å². The van der Waals surface area contributed by atoms with Crippen molar-refractivity contribution in [3.63, 3.8) is 0 Å². The van der Waals surface area contributed by atoms with Crippen LogP contribution in [0, 0.1) is 5.82 Å². The highest BCUT2D eigenvalue weighted by atomic mass is 19.1. The van der Waals surface area contributed by atoms with Crippen LogP contribution in [-0.4, -0.2) is 36.1 Å². The van der Waals surface area contributed by atoms with E-state index in [2.05, 4.69) is 5.10 Å². The number of rotatable bonds is 7. The molecular weight excluding hydrogens is 423 g/mol. The molecule has 7 heteroatoms. The van der Waals surface area contributed by atoms with Crippen molar-refractivity contribution in [3.05, 3.63) is 95.3 Å². The molecule has 0 N–H and O–H groups in total. The average Bonchev–Trinajstić information content (AvgIpc) is 3.29. The van der Waals surface area contributed by atoms with E-state index in [1.807, 2.05) is 54.6 Å². The van der Waals surface area contributed by atoms with Crippen LogP contribution in [-0.2, 0) is 4.79 Å². The van der Waals surface area contributed by atoms with Crippen molar-refractivity contribution in [1.82, 2.24) is 5.01 Å². The predicted molar refractivity (Wildman–Crippen MR) is 122 cm³/mol. The standard InChI is InChI=1S/C26H23FN2O4/c1-17(30)22-14-20(27)10-13-25(22)33-16-26(31)29-24(19-8-11-21(32-2)12-9-19)15-23(28-29)18-6-4-3-5-7-18/h3-14,24H,15-16H2,1-2H3. The number of benzene rings is 3. The zero-order valence-corrected chi connectivity index (χ0v) is 18.3. The molecule has 0 fully saturated rings. The minimum atomic E-state index is -0.546. The first-order valence-electron chi connectivity index (χ1n) is 10.5. The zero-order chi connectivity index (χ0) is 23.4. The summed E-state index contributed by atoms with van der Waals surface area (Å²) < 4.78 is 24.4. The van der Waals surface area contributed by atoms with Gasteiger partial charge in [-0.15, -0.1) is 0 Å². The lowest BCUT2D eigenvalue weighted by atomic mass is 9.98. The van der Waals surface area contributed by atoms with E-state index in [1.54, 1.807) is 7.11 Å². The number of halogens is 1. The van der Waals surface area contributed by atoms with Gasteiger partial charge in [0.15, 0.2) is 12.4 Å². The first-order valence-corrected chi connectivity index (χ1v) is 10.5. The number of ether oxygens (including phenoxy) is 2. The van der Waals surface area contributed by atoms with Gasteiger partial charge >= 0.3 is 0 Å². The summed E-state index contributed by atoms with van der Waals surface area (Å²) in [7, 11) is 1.60. The Balaban J connectivity index is 1.59. The molecule has 0 saturated carbocycles. The molecule has 0 saturated heterocycles.